The van der Waals surface area contributed by atoms with E-state index in [1.807, 2.05) is 38.6 Å². The number of H-pyrrole nitrogens is 1. The fraction of sp³-hybridized carbons (Fsp3) is 0.296. The number of aromatic nitrogens is 5. The summed E-state index contributed by atoms with van der Waals surface area (Å²) >= 11 is 0. The predicted octanol–water partition coefficient (Wildman–Crippen LogP) is 3.43. The summed E-state index contributed by atoms with van der Waals surface area (Å²) in [5.74, 6) is 1.06. The van der Waals surface area contributed by atoms with Crippen molar-refractivity contribution in [2.75, 3.05) is 38.2 Å². The van der Waals surface area contributed by atoms with Crippen LogP contribution in [-0.4, -0.2) is 75.1 Å². The molecule has 0 bridgehead atoms. The summed E-state index contributed by atoms with van der Waals surface area (Å²) in [5.41, 5.74) is 3.68. The lowest BCUT2D eigenvalue weighted by Gasteiger charge is -2.36. The van der Waals surface area contributed by atoms with Crippen molar-refractivity contribution in [1.29, 1.82) is 5.41 Å². The van der Waals surface area contributed by atoms with E-state index in [9.17, 15) is 4.39 Å². The number of amidine groups is 1. The number of rotatable bonds is 7. The van der Waals surface area contributed by atoms with Gasteiger partial charge in [-0.25, -0.2) is 19.4 Å². The molecule has 1 unspecified atom stereocenters. The van der Waals surface area contributed by atoms with Gasteiger partial charge in [0.25, 0.3) is 0 Å². The third kappa shape index (κ3) is 4.92. The molecule has 4 heterocycles. The molecular formula is C27H30FN9O. The van der Waals surface area contributed by atoms with E-state index in [1.165, 1.54) is 12.1 Å². The van der Waals surface area contributed by atoms with Gasteiger partial charge >= 0.3 is 0 Å². The van der Waals surface area contributed by atoms with Gasteiger partial charge in [0.05, 0.1) is 11.9 Å². The van der Waals surface area contributed by atoms with E-state index >= 15 is 0 Å². The summed E-state index contributed by atoms with van der Waals surface area (Å²) in [6.07, 6.45) is 10.3. The molecule has 11 heteroatoms. The molecule has 4 aromatic rings. The average molecular weight is 516 g/mol. The molecule has 0 saturated carbocycles. The fourth-order valence-electron chi connectivity index (χ4n) is 4.66. The van der Waals surface area contributed by atoms with Crippen molar-refractivity contribution < 1.29 is 9.13 Å². The second kappa shape index (κ2) is 10.5. The number of nitrogens with one attached hydrogen (secondary N) is 2. The van der Waals surface area contributed by atoms with Crippen LogP contribution in [0.25, 0.3) is 11.1 Å². The molecule has 1 aliphatic rings. The van der Waals surface area contributed by atoms with Gasteiger partial charge in [0, 0.05) is 81.8 Å². The molecule has 3 aromatic heterocycles. The van der Waals surface area contributed by atoms with Gasteiger partial charge in [-0.3, -0.25) is 10.1 Å². The van der Waals surface area contributed by atoms with Crippen LogP contribution in [-0.2, 0) is 17.4 Å². The smallest absolute Gasteiger partial charge is 0.225 e. The molecule has 1 aliphatic heterocycles. The molecule has 1 atom stereocenters. The third-order valence-corrected chi connectivity index (χ3v) is 7.00. The summed E-state index contributed by atoms with van der Waals surface area (Å²) < 4.78 is 21.0. The average Bonchev–Trinajstić information content (AvgIpc) is 3.61. The van der Waals surface area contributed by atoms with Crippen LogP contribution in [0.15, 0.2) is 66.3 Å². The Morgan fingerprint density at radius 3 is 2.39 bits per heavy atom. The normalized spacial score (nSPS) is 15.9. The second-order valence-electron chi connectivity index (χ2n) is 9.28. The number of aryl methyl sites for hydroxylation is 1. The van der Waals surface area contributed by atoms with Crippen molar-refractivity contribution in [2.24, 2.45) is 12.0 Å². The molecule has 0 radical (unpaired) electrons. The van der Waals surface area contributed by atoms with Crippen LogP contribution < -0.4 is 4.90 Å². The topological polar surface area (TPSA) is 111 Å². The number of aromatic amines is 1. The highest BCUT2D eigenvalue weighted by Gasteiger charge is 2.30. The number of hydrogen-bond donors (Lipinski definition) is 2. The standard InChI is InChI=1S/C27H30FN9O/c1-27(38-3,21-4-6-23(28)7-5-21)22-15-31-26(32-16-22)37-10-8-36(9-11-37)25(33-18-29)24-12-19(13-30-24)20-14-34-35(2)17-20/h4-7,12-18,29-30H,8-11H2,1-3H3. The number of hydrogen-bond acceptors (Lipinski definition) is 6. The van der Waals surface area contributed by atoms with Gasteiger partial charge in [0.1, 0.15) is 17.8 Å². The first-order chi connectivity index (χ1) is 18.4. The zero-order valence-electron chi connectivity index (χ0n) is 21.6. The zero-order valence-corrected chi connectivity index (χ0v) is 21.6. The number of methoxy groups -OCH3 is 1. The number of anilines is 1. The SMILES string of the molecule is COC(C)(c1ccc(F)cc1)c1cnc(N2CCN(C(=NC=N)c3cc(-c4cnn(C)c4)c[nH]3)CC2)nc1. The quantitative estimate of drug-likeness (QED) is 0.288. The number of aliphatic imine (C=N–C) groups is 1. The van der Waals surface area contributed by atoms with Gasteiger partial charge in [-0.05, 0) is 30.7 Å². The van der Waals surface area contributed by atoms with Crippen LogP contribution in [0.2, 0.25) is 0 Å². The molecule has 0 aliphatic carbocycles. The Hall–Kier alpha value is -4.38. The molecule has 2 N–H and O–H groups in total. The maximum Gasteiger partial charge on any atom is 0.225 e. The Bertz CT molecular complexity index is 1420. The number of ether oxygens (including phenoxy) is 1. The monoisotopic (exact) mass is 515 g/mol. The van der Waals surface area contributed by atoms with E-state index < -0.39 is 5.60 Å². The summed E-state index contributed by atoms with van der Waals surface area (Å²) in [6, 6.07) is 8.29. The number of nitrogens with zero attached hydrogens (tertiary/aromatic N) is 7. The minimum Gasteiger partial charge on any atom is -0.369 e. The fourth-order valence-corrected chi connectivity index (χ4v) is 4.66. The van der Waals surface area contributed by atoms with Crippen molar-refractivity contribution >= 4 is 18.1 Å². The summed E-state index contributed by atoms with van der Waals surface area (Å²) in [5, 5.41) is 11.8. The molecule has 196 valence electrons. The summed E-state index contributed by atoms with van der Waals surface area (Å²) in [6.45, 7) is 4.72. The molecule has 10 nitrogen and oxygen atoms in total. The number of piperazine rings is 1. The molecule has 0 amide bonds. The zero-order chi connectivity index (χ0) is 26.7. The van der Waals surface area contributed by atoms with Crippen LogP contribution in [0.1, 0.15) is 23.7 Å². The van der Waals surface area contributed by atoms with Crippen molar-refractivity contribution in [3.05, 3.63) is 84.0 Å². The largest absolute Gasteiger partial charge is 0.369 e. The molecule has 1 fully saturated rings. The lowest BCUT2D eigenvalue weighted by Crippen LogP contribution is -2.49. The number of benzene rings is 1. The lowest BCUT2D eigenvalue weighted by atomic mass is 9.90. The van der Waals surface area contributed by atoms with Gasteiger partial charge in [-0.2, -0.15) is 5.10 Å². The first-order valence-electron chi connectivity index (χ1n) is 12.3. The van der Waals surface area contributed by atoms with E-state index in [1.54, 1.807) is 36.3 Å². The summed E-state index contributed by atoms with van der Waals surface area (Å²) in [7, 11) is 3.51. The van der Waals surface area contributed by atoms with Gasteiger partial charge in [-0.15, -0.1) is 0 Å². The Kier molecular flexibility index (Phi) is 7.01. The molecule has 0 spiro atoms. The van der Waals surface area contributed by atoms with Gasteiger partial charge in [0.2, 0.25) is 5.95 Å². The third-order valence-electron chi connectivity index (χ3n) is 7.00. The van der Waals surface area contributed by atoms with Gasteiger partial charge < -0.3 is 19.5 Å². The van der Waals surface area contributed by atoms with Crippen LogP contribution in [0.3, 0.4) is 0 Å². The van der Waals surface area contributed by atoms with E-state index in [2.05, 4.69) is 34.8 Å². The Morgan fingerprint density at radius 2 is 1.79 bits per heavy atom. The molecule has 1 aromatic carbocycles. The van der Waals surface area contributed by atoms with E-state index in [-0.39, 0.29) is 5.82 Å². The maximum absolute atomic E-state index is 13.4. The lowest BCUT2D eigenvalue weighted by molar-refractivity contribution is 0.0384. The highest BCUT2D eigenvalue weighted by atomic mass is 19.1. The predicted molar refractivity (Wildman–Crippen MR) is 144 cm³/mol. The molecule has 38 heavy (non-hydrogen) atoms. The highest BCUT2D eigenvalue weighted by molar-refractivity contribution is 6.01. The van der Waals surface area contributed by atoms with Crippen molar-refractivity contribution in [1.82, 2.24) is 29.6 Å². The number of halogens is 1. The first-order valence-corrected chi connectivity index (χ1v) is 12.3. The van der Waals surface area contributed by atoms with Crippen LogP contribution >= 0.6 is 0 Å². The maximum atomic E-state index is 13.4. The Labute approximate surface area is 220 Å². The van der Waals surface area contributed by atoms with Crippen molar-refractivity contribution in [3.8, 4) is 11.1 Å². The Morgan fingerprint density at radius 1 is 1.08 bits per heavy atom. The first kappa shape index (κ1) is 25.3. The molecule has 1 saturated heterocycles. The van der Waals surface area contributed by atoms with E-state index in [0.29, 0.717) is 32.1 Å². The minimum atomic E-state index is -0.798. The minimum absolute atomic E-state index is 0.294. The Balaban J connectivity index is 1.27. The summed E-state index contributed by atoms with van der Waals surface area (Å²) in [4.78, 5) is 21.2. The van der Waals surface area contributed by atoms with Crippen LogP contribution in [0.4, 0.5) is 10.3 Å². The van der Waals surface area contributed by atoms with Gasteiger partial charge in [0.15, 0.2) is 5.84 Å². The second-order valence-corrected chi connectivity index (χ2v) is 9.28. The molecular weight excluding hydrogens is 485 g/mol. The van der Waals surface area contributed by atoms with Crippen LogP contribution in [0, 0.1) is 11.2 Å². The van der Waals surface area contributed by atoms with Crippen molar-refractivity contribution in [3.63, 3.8) is 0 Å². The van der Waals surface area contributed by atoms with Crippen molar-refractivity contribution in [2.45, 2.75) is 12.5 Å². The van der Waals surface area contributed by atoms with Crippen LogP contribution in [0.5, 0.6) is 0 Å². The molecule has 5 rings (SSSR count). The van der Waals surface area contributed by atoms with E-state index in [0.717, 1.165) is 40.1 Å². The van der Waals surface area contributed by atoms with E-state index in [4.69, 9.17) is 10.1 Å². The van der Waals surface area contributed by atoms with Gasteiger partial charge in [-0.1, -0.05) is 12.1 Å². The highest BCUT2D eigenvalue weighted by Crippen LogP contribution is 2.32.